The number of piperidine rings is 1. The highest BCUT2D eigenvalue weighted by Gasteiger charge is 2.25. The normalized spacial score (nSPS) is 18.6. The van der Waals surface area contributed by atoms with Gasteiger partial charge in [0.05, 0.1) is 5.92 Å². The second kappa shape index (κ2) is 9.30. The van der Waals surface area contributed by atoms with E-state index in [-0.39, 0.29) is 30.0 Å². The zero-order chi connectivity index (χ0) is 15.2. The topological polar surface area (TPSA) is 58.4 Å². The monoisotopic (exact) mass is 349 g/mol. The first-order valence-electron chi connectivity index (χ1n) is 7.24. The molecule has 0 radical (unpaired) electrons. The fourth-order valence-corrected chi connectivity index (χ4v) is 2.80. The first-order chi connectivity index (χ1) is 10.1. The number of carbonyl (C=O) groups excluding carboxylic acids is 1. The molecule has 1 saturated heterocycles. The maximum Gasteiger partial charge on any atom is 0.224 e. The number of hydrogen-bond donors (Lipinski definition) is 2. The molecule has 124 valence electrons. The average Bonchev–Trinajstić information content (AvgIpc) is 2.48. The molecular weight excluding hydrogens is 328 g/mol. The quantitative estimate of drug-likeness (QED) is 0.856. The predicted octanol–water partition coefficient (Wildman–Crippen LogP) is 2.19. The van der Waals surface area contributed by atoms with Gasteiger partial charge in [-0.3, -0.25) is 9.69 Å². The Morgan fingerprint density at radius 3 is 2.95 bits per heavy atom. The zero-order valence-corrected chi connectivity index (χ0v) is 13.9. The van der Waals surface area contributed by atoms with Crippen molar-refractivity contribution in [2.45, 2.75) is 19.4 Å². The van der Waals surface area contributed by atoms with E-state index in [4.69, 9.17) is 17.3 Å². The van der Waals surface area contributed by atoms with Crippen molar-refractivity contribution >= 4 is 29.9 Å². The molecule has 0 aliphatic carbocycles. The van der Waals surface area contributed by atoms with Gasteiger partial charge in [-0.1, -0.05) is 17.7 Å². The number of nitrogens with one attached hydrogen (secondary N) is 1. The molecule has 2 rings (SSSR count). The molecule has 4 nitrogen and oxygen atoms in total. The maximum absolute atomic E-state index is 13.8. The van der Waals surface area contributed by atoms with Gasteiger partial charge in [-0.15, -0.1) is 12.4 Å². The molecule has 3 N–H and O–H groups in total. The number of likely N-dealkylation sites (tertiary alicyclic amines) is 1. The lowest BCUT2D eigenvalue weighted by atomic mass is 9.96. The summed E-state index contributed by atoms with van der Waals surface area (Å²) in [6.07, 6.45) is 1.81. The number of hydrogen-bond acceptors (Lipinski definition) is 3. The molecule has 1 unspecified atom stereocenters. The molecule has 7 heteroatoms. The van der Waals surface area contributed by atoms with E-state index in [1.165, 1.54) is 6.07 Å². The lowest BCUT2D eigenvalue weighted by Gasteiger charge is -2.32. The van der Waals surface area contributed by atoms with E-state index in [9.17, 15) is 9.18 Å². The summed E-state index contributed by atoms with van der Waals surface area (Å²) in [4.78, 5) is 14.1. The van der Waals surface area contributed by atoms with Gasteiger partial charge in [0.1, 0.15) is 5.82 Å². The highest BCUT2D eigenvalue weighted by Crippen LogP contribution is 2.21. The predicted molar refractivity (Wildman–Crippen MR) is 88.7 cm³/mol. The van der Waals surface area contributed by atoms with E-state index in [1.54, 1.807) is 12.1 Å². The van der Waals surface area contributed by atoms with Crippen LogP contribution in [0, 0.1) is 11.7 Å². The van der Waals surface area contributed by atoms with Gasteiger partial charge in [-0.05, 0) is 31.5 Å². The molecule has 0 bridgehead atoms. The molecule has 1 aromatic carbocycles. The summed E-state index contributed by atoms with van der Waals surface area (Å²) < 4.78 is 13.8. The van der Waals surface area contributed by atoms with E-state index in [1.807, 2.05) is 0 Å². The van der Waals surface area contributed by atoms with Crippen LogP contribution in [-0.2, 0) is 11.3 Å². The molecule has 1 atom stereocenters. The third kappa shape index (κ3) is 5.39. The molecule has 1 aliphatic rings. The summed E-state index contributed by atoms with van der Waals surface area (Å²) in [7, 11) is 0. The second-order valence-corrected chi connectivity index (χ2v) is 5.83. The van der Waals surface area contributed by atoms with Crippen molar-refractivity contribution in [1.29, 1.82) is 0 Å². The molecule has 1 amide bonds. The Morgan fingerprint density at radius 2 is 2.27 bits per heavy atom. The summed E-state index contributed by atoms with van der Waals surface area (Å²) in [6, 6.07) is 4.72. The van der Waals surface area contributed by atoms with Gasteiger partial charge < -0.3 is 11.1 Å². The first kappa shape index (κ1) is 19.2. The van der Waals surface area contributed by atoms with Crippen molar-refractivity contribution in [2.24, 2.45) is 11.7 Å². The standard InChI is InChI=1S/C15H21ClFN3O.ClH/c16-13-4-3-11(14(17)8-13)9-20-7-1-2-12(10-20)15(21)19-6-5-18;/h3-4,8,12H,1-2,5-7,9-10,18H2,(H,19,21);1H. The number of nitrogens with zero attached hydrogens (tertiary/aromatic N) is 1. The van der Waals surface area contributed by atoms with Crippen LogP contribution in [0.2, 0.25) is 5.02 Å². The van der Waals surface area contributed by atoms with Crippen molar-refractivity contribution < 1.29 is 9.18 Å². The minimum Gasteiger partial charge on any atom is -0.355 e. The molecule has 0 aromatic heterocycles. The van der Waals surface area contributed by atoms with E-state index in [0.29, 0.717) is 36.8 Å². The van der Waals surface area contributed by atoms with Crippen LogP contribution in [0.3, 0.4) is 0 Å². The largest absolute Gasteiger partial charge is 0.355 e. The van der Waals surface area contributed by atoms with Crippen LogP contribution < -0.4 is 11.1 Å². The molecular formula is C15H22Cl2FN3O. The first-order valence-corrected chi connectivity index (χ1v) is 7.62. The van der Waals surface area contributed by atoms with E-state index in [2.05, 4.69) is 10.2 Å². The van der Waals surface area contributed by atoms with Crippen LogP contribution in [0.1, 0.15) is 18.4 Å². The number of benzene rings is 1. The minimum absolute atomic E-state index is 0. The van der Waals surface area contributed by atoms with Crippen LogP contribution in [-0.4, -0.2) is 37.0 Å². The summed E-state index contributed by atoms with van der Waals surface area (Å²) in [6.45, 7) is 2.98. The third-order valence-electron chi connectivity index (χ3n) is 3.73. The smallest absolute Gasteiger partial charge is 0.224 e. The molecule has 22 heavy (non-hydrogen) atoms. The lowest BCUT2D eigenvalue weighted by Crippen LogP contribution is -2.43. The zero-order valence-electron chi connectivity index (χ0n) is 12.4. The second-order valence-electron chi connectivity index (χ2n) is 5.39. The lowest BCUT2D eigenvalue weighted by molar-refractivity contribution is -0.126. The van der Waals surface area contributed by atoms with Crippen LogP contribution in [0.5, 0.6) is 0 Å². The van der Waals surface area contributed by atoms with Crippen LogP contribution in [0.15, 0.2) is 18.2 Å². The Bertz CT molecular complexity index is 502. The van der Waals surface area contributed by atoms with Crippen molar-refractivity contribution in [3.8, 4) is 0 Å². The van der Waals surface area contributed by atoms with Gasteiger partial charge in [-0.2, -0.15) is 0 Å². The highest BCUT2D eigenvalue weighted by atomic mass is 35.5. The summed E-state index contributed by atoms with van der Waals surface area (Å²) >= 11 is 5.76. The van der Waals surface area contributed by atoms with Gasteiger partial charge in [0.25, 0.3) is 0 Å². The van der Waals surface area contributed by atoms with E-state index < -0.39 is 0 Å². The van der Waals surface area contributed by atoms with Crippen LogP contribution in [0.4, 0.5) is 4.39 Å². The highest BCUT2D eigenvalue weighted by molar-refractivity contribution is 6.30. The van der Waals surface area contributed by atoms with Gasteiger partial charge >= 0.3 is 0 Å². The summed E-state index contributed by atoms with van der Waals surface area (Å²) in [5, 5.41) is 3.22. The number of amides is 1. The summed E-state index contributed by atoms with van der Waals surface area (Å²) in [5.74, 6) is -0.292. The Labute approximate surface area is 141 Å². The fourth-order valence-electron chi connectivity index (χ4n) is 2.64. The Balaban J connectivity index is 0.00000242. The molecule has 1 fully saturated rings. The number of halogens is 3. The molecule has 1 aliphatic heterocycles. The number of rotatable bonds is 5. The van der Waals surface area contributed by atoms with Gasteiger partial charge in [0.15, 0.2) is 0 Å². The number of nitrogens with two attached hydrogens (primary N) is 1. The third-order valence-corrected chi connectivity index (χ3v) is 3.96. The van der Waals surface area contributed by atoms with Crippen molar-refractivity contribution in [3.63, 3.8) is 0 Å². The van der Waals surface area contributed by atoms with Crippen molar-refractivity contribution in [3.05, 3.63) is 34.6 Å². The molecule has 1 aromatic rings. The van der Waals surface area contributed by atoms with Crippen LogP contribution >= 0.6 is 24.0 Å². The summed E-state index contributed by atoms with van der Waals surface area (Å²) in [5.41, 5.74) is 6.00. The van der Waals surface area contributed by atoms with E-state index in [0.717, 1.165) is 19.4 Å². The minimum atomic E-state index is -0.294. The molecule has 0 saturated carbocycles. The van der Waals surface area contributed by atoms with E-state index >= 15 is 0 Å². The maximum atomic E-state index is 13.8. The molecule has 0 spiro atoms. The Hall–Kier alpha value is -0.880. The molecule has 1 heterocycles. The van der Waals surface area contributed by atoms with Gasteiger partial charge in [0.2, 0.25) is 5.91 Å². The Kier molecular flexibility index (Phi) is 8.10. The average molecular weight is 350 g/mol. The fraction of sp³-hybridized carbons (Fsp3) is 0.533. The van der Waals surface area contributed by atoms with Crippen LogP contribution in [0.25, 0.3) is 0 Å². The van der Waals surface area contributed by atoms with Gasteiger partial charge in [0, 0.05) is 36.8 Å². The Morgan fingerprint density at radius 1 is 1.50 bits per heavy atom. The van der Waals surface area contributed by atoms with Gasteiger partial charge in [-0.25, -0.2) is 4.39 Å². The number of carbonyl (C=O) groups is 1. The van der Waals surface area contributed by atoms with Crippen molar-refractivity contribution in [2.75, 3.05) is 26.2 Å². The van der Waals surface area contributed by atoms with Crippen molar-refractivity contribution in [1.82, 2.24) is 10.2 Å². The SMILES string of the molecule is Cl.NCCNC(=O)C1CCCN(Cc2ccc(Cl)cc2F)C1.